The number of nitrogens with one attached hydrogen (secondary N) is 1. The molecule has 0 bridgehead atoms. The van der Waals surface area contributed by atoms with E-state index in [-0.39, 0.29) is 5.56 Å². The zero-order valence-corrected chi connectivity index (χ0v) is 9.91. The van der Waals surface area contributed by atoms with Gasteiger partial charge in [0, 0.05) is 18.4 Å². The molecule has 0 atom stereocenters. The van der Waals surface area contributed by atoms with Crippen molar-refractivity contribution in [1.29, 1.82) is 0 Å². The fourth-order valence-electron chi connectivity index (χ4n) is 1.67. The van der Waals surface area contributed by atoms with Gasteiger partial charge in [-0.1, -0.05) is 12.1 Å². The zero-order valence-electron chi connectivity index (χ0n) is 9.91. The molecule has 1 aromatic carbocycles. The molecule has 0 radical (unpaired) electrons. The Bertz CT molecular complexity index is 696. The van der Waals surface area contributed by atoms with Gasteiger partial charge < -0.3 is 10.1 Å². The standard InChI is InChI=1S/C12H9N3O4/c1-7(16)13-12(17)9-6-11(15(18)19)14-10-5-3-2-4-8(9)10/h2-6H,1H3,(H,13,16,17). The molecule has 0 aliphatic heterocycles. The fourth-order valence-corrected chi connectivity index (χ4v) is 1.67. The van der Waals surface area contributed by atoms with Crippen LogP contribution >= 0.6 is 0 Å². The quantitative estimate of drug-likeness (QED) is 0.649. The average molecular weight is 259 g/mol. The number of aromatic nitrogens is 1. The minimum absolute atomic E-state index is 0.0486. The molecule has 0 fully saturated rings. The van der Waals surface area contributed by atoms with E-state index in [2.05, 4.69) is 10.3 Å². The monoisotopic (exact) mass is 259 g/mol. The molecule has 7 heteroatoms. The SMILES string of the molecule is CC(=O)NC(=O)c1cc([N+](=O)[O-])nc2ccccc12. The lowest BCUT2D eigenvalue weighted by atomic mass is 10.1. The van der Waals surface area contributed by atoms with Crippen molar-refractivity contribution < 1.29 is 14.5 Å². The van der Waals surface area contributed by atoms with Gasteiger partial charge in [0.2, 0.25) is 5.91 Å². The first-order chi connectivity index (χ1) is 8.99. The van der Waals surface area contributed by atoms with E-state index in [0.29, 0.717) is 10.9 Å². The lowest BCUT2D eigenvalue weighted by Crippen LogP contribution is -2.28. The van der Waals surface area contributed by atoms with Crippen LogP contribution in [0.1, 0.15) is 17.3 Å². The van der Waals surface area contributed by atoms with E-state index in [1.165, 1.54) is 6.92 Å². The van der Waals surface area contributed by atoms with Crippen molar-refractivity contribution in [3.05, 3.63) is 46.0 Å². The number of benzene rings is 1. The van der Waals surface area contributed by atoms with Gasteiger partial charge in [0.25, 0.3) is 5.91 Å². The van der Waals surface area contributed by atoms with Gasteiger partial charge in [0.05, 0.1) is 5.56 Å². The molecular weight excluding hydrogens is 250 g/mol. The summed E-state index contributed by atoms with van der Waals surface area (Å²) in [5, 5.41) is 13.3. The van der Waals surface area contributed by atoms with Crippen molar-refractivity contribution in [2.24, 2.45) is 0 Å². The van der Waals surface area contributed by atoms with Crippen molar-refractivity contribution in [2.75, 3.05) is 0 Å². The third kappa shape index (κ3) is 2.54. The molecule has 0 saturated carbocycles. The Morgan fingerprint density at radius 1 is 1.32 bits per heavy atom. The highest BCUT2D eigenvalue weighted by Crippen LogP contribution is 2.21. The van der Waals surface area contributed by atoms with E-state index in [9.17, 15) is 19.7 Å². The molecule has 1 N–H and O–H groups in total. The molecule has 0 aliphatic carbocycles. The van der Waals surface area contributed by atoms with Crippen LogP contribution in [0.4, 0.5) is 5.82 Å². The van der Waals surface area contributed by atoms with E-state index in [1.54, 1.807) is 24.3 Å². The number of amides is 2. The van der Waals surface area contributed by atoms with E-state index < -0.39 is 22.6 Å². The number of carbonyl (C=O) groups is 2. The number of pyridine rings is 1. The Morgan fingerprint density at radius 3 is 2.63 bits per heavy atom. The molecule has 7 nitrogen and oxygen atoms in total. The second-order valence-corrected chi connectivity index (χ2v) is 3.81. The largest absolute Gasteiger partial charge is 0.364 e. The number of para-hydroxylation sites is 1. The van der Waals surface area contributed by atoms with Crippen LogP contribution in [0.5, 0.6) is 0 Å². The predicted octanol–water partition coefficient (Wildman–Crippen LogP) is 1.42. The summed E-state index contributed by atoms with van der Waals surface area (Å²) in [6.07, 6.45) is 0. The average Bonchev–Trinajstić information content (AvgIpc) is 2.36. The fraction of sp³-hybridized carbons (Fsp3) is 0.0833. The van der Waals surface area contributed by atoms with E-state index in [4.69, 9.17) is 0 Å². The molecule has 2 amide bonds. The van der Waals surface area contributed by atoms with Gasteiger partial charge in [-0.3, -0.25) is 14.9 Å². The Kier molecular flexibility index (Phi) is 3.19. The molecular formula is C12H9N3O4. The van der Waals surface area contributed by atoms with Crippen LogP contribution in [0, 0.1) is 10.1 Å². The molecule has 1 heterocycles. The van der Waals surface area contributed by atoms with Crippen LogP contribution in [0.2, 0.25) is 0 Å². The van der Waals surface area contributed by atoms with E-state index in [0.717, 1.165) is 6.07 Å². The summed E-state index contributed by atoms with van der Waals surface area (Å²) in [6.45, 7) is 1.19. The minimum Gasteiger partial charge on any atom is -0.358 e. The van der Waals surface area contributed by atoms with Crippen molar-refractivity contribution in [1.82, 2.24) is 10.3 Å². The molecule has 0 spiro atoms. The summed E-state index contributed by atoms with van der Waals surface area (Å²) >= 11 is 0. The molecule has 2 rings (SSSR count). The Balaban J connectivity index is 2.66. The van der Waals surface area contributed by atoms with Gasteiger partial charge in [0.1, 0.15) is 0 Å². The summed E-state index contributed by atoms with van der Waals surface area (Å²) in [5.41, 5.74) is 0.373. The van der Waals surface area contributed by atoms with E-state index >= 15 is 0 Å². The summed E-state index contributed by atoms with van der Waals surface area (Å²) in [6, 6.07) is 7.57. The first-order valence-corrected chi connectivity index (χ1v) is 5.35. The third-order valence-electron chi connectivity index (χ3n) is 2.42. The van der Waals surface area contributed by atoms with Crippen molar-refractivity contribution in [3.8, 4) is 0 Å². The van der Waals surface area contributed by atoms with Crippen molar-refractivity contribution in [2.45, 2.75) is 6.92 Å². The first-order valence-electron chi connectivity index (χ1n) is 5.35. The minimum atomic E-state index is -0.686. The third-order valence-corrected chi connectivity index (χ3v) is 2.42. The number of nitrogens with zero attached hydrogens (tertiary/aromatic N) is 2. The zero-order chi connectivity index (χ0) is 14.0. The number of hydrogen-bond donors (Lipinski definition) is 1. The number of rotatable bonds is 2. The first kappa shape index (κ1) is 12.6. The predicted molar refractivity (Wildman–Crippen MR) is 66.5 cm³/mol. The lowest BCUT2D eigenvalue weighted by molar-refractivity contribution is -0.389. The molecule has 1 aromatic heterocycles. The van der Waals surface area contributed by atoms with Crippen molar-refractivity contribution >= 4 is 28.5 Å². The van der Waals surface area contributed by atoms with Gasteiger partial charge >= 0.3 is 5.82 Å². The van der Waals surface area contributed by atoms with E-state index in [1.807, 2.05) is 0 Å². The molecule has 0 unspecified atom stereocenters. The van der Waals surface area contributed by atoms with Crippen LogP contribution < -0.4 is 5.32 Å². The van der Waals surface area contributed by atoms with Gasteiger partial charge in [-0.25, -0.2) is 0 Å². The van der Waals surface area contributed by atoms with Crippen LogP contribution in [0.15, 0.2) is 30.3 Å². The number of hydrogen-bond acceptors (Lipinski definition) is 5. The van der Waals surface area contributed by atoms with Gasteiger partial charge in [-0.15, -0.1) is 0 Å². The molecule has 0 aliphatic rings. The summed E-state index contributed by atoms with van der Waals surface area (Å²) in [4.78, 5) is 36.7. The molecule has 96 valence electrons. The summed E-state index contributed by atoms with van der Waals surface area (Å²) in [7, 11) is 0. The summed E-state index contributed by atoms with van der Waals surface area (Å²) < 4.78 is 0. The highest BCUT2D eigenvalue weighted by atomic mass is 16.6. The van der Waals surface area contributed by atoms with Crippen LogP contribution in [0.25, 0.3) is 10.9 Å². The smallest absolute Gasteiger partial charge is 0.358 e. The topological polar surface area (TPSA) is 102 Å². The van der Waals surface area contributed by atoms with Crippen LogP contribution in [-0.2, 0) is 4.79 Å². The molecule has 0 saturated heterocycles. The molecule has 2 aromatic rings. The maximum absolute atomic E-state index is 11.9. The lowest BCUT2D eigenvalue weighted by Gasteiger charge is -2.04. The maximum atomic E-state index is 11.9. The highest BCUT2D eigenvalue weighted by molar-refractivity contribution is 6.11. The molecule has 19 heavy (non-hydrogen) atoms. The number of fused-ring (bicyclic) bond motifs is 1. The highest BCUT2D eigenvalue weighted by Gasteiger charge is 2.19. The normalized spacial score (nSPS) is 10.2. The van der Waals surface area contributed by atoms with Gasteiger partial charge in [-0.2, -0.15) is 0 Å². The number of carbonyl (C=O) groups excluding carboxylic acids is 2. The second-order valence-electron chi connectivity index (χ2n) is 3.81. The van der Waals surface area contributed by atoms with Crippen LogP contribution in [0.3, 0.4) is 0 Å². The van der Waals surface area contributed by atoms with Gasteiger partial charge in [0.15, 0.2) is 5.52 Å². The number of nitro groups is 1. The maximum Gasteiger partial charge on any atom is 0.364 e. The summed E-state index contributed by atoms with van der Waals surface area (Å²) in [5.74, 6) is -1.66. The number of imide groups is 1. The van der Waals surface area contributed by atoms with Crippen LogP contribution in [-0.4, -0.2) is 21.7 Å². The Morgan fingerprint density at radius 2 is 2.00 bits per heavy atom. The Hall–Kier alpha value is -2.83. The second kappa shape index (κ2) is 4.81. The van der Waals surface area contributed by atoms with Gasteiger partial charge in [-0.05, 0) is 22.0 Å². The Labute approximate surface area is 107 Å². The van der Waals surface area contributed by atoms with Crippen molar-refractivity contribution in [3.63, 3.8) is 0 Å².